The molecule has 2 N–H and O–H groups in total. The first-order valence-electron chi connectivity index (χ1n) is 10.7. The first-order chi connectivity index (χ1) is 15.0. The Morgan fingerprint density at radius 2 is 2.29 bits per heavy atom. The lowest BCUT2D eigenvalue weighted by atomic mass is 9.97. The normalized spacial score (nSPS) is 17.5. The highest BCUT2D eigenvalue weighted by Gasteiger charge is 2.28. The highest BCUT2D eigenvalue weighted by Crippen LogP contribution is 2.33. The molecule has 1 saturated heterocycles. The van der Waals surface area contributed by atoms with Crippen LogP contribution in [0.5, 0.6) is 5.75 Å². The Kier molecular flexibility index (Phi) is 6.27. The number of amides is 1. The molecular weight excluding hydrogens is 412 g/mol. The van der Waals surface area contributed by atoms with Crippen molar-refractivity contribution in [3.63, 3.8) is 0 Å². The maximum atomic E-state index is 12.8. The number of aromatic amines is 1. The minimum atomic E-state index is -0.148. The van der Waals surface area contributed by atoms with Crippen LogP contribution in [-0.2, 0) is 4.79 Å². The molecule has 8 heteroatoms. The summed E-state index contributed by atoms with van der Waals surface area (Å²) in [7, 11) is 1.64. The molecule has 1 aromatic carbocycles. The number of nitrogens with one attached hydrogen (secondary N) is 2. The minimum absolute atomic E-state index is 0.0788. The maximum Gasteiger partial charge on any atom is 0.270 e. The molecule has 0 bridgehead atoms. The number of nitrogens with zero attached hydrogens (tertiary/aromatic N) is 2. The number of hydrogen-bond acceptors (Lipinski definition) is 6. The van der Waals surface area contributed by atoms with Gasteiger partial charge in [0.05, 0.1) is 18.5 Å². The topological polar surface area (TPSA) is 87.3 Å². The first-order valence-corrected chi connectivity index (χ1v) is 11.6. The van der Waals surface area contributed by atoms with E-state index in [0.29, 0.717) is 22.7 Å². The molecular formula is C23H28N4O3S. The number of ether oxygens (including phenoxy) is 1. The van der Waals surface area contributed by atoms with Gasteiger partial charge < -0.3 is 15.0 Å². The van der Waals surface area contributed by atoms with Crippen LogP contribution in [0.25, 0.3) is 21.3 Å². The smallest absolute Gasteiger partial charge is 0.270 e. The number of hydrogen-bond donors (Lipinski definition) is 2. The highest BCUT2D eigenvalue weighted by atomic mass is 32.1. The van der Waals surface area contributed by atoms with Crippen molar-refractivity contribution in [2.24, 2.45) is 5.92 Å². The van der Waals surface area contributed by atoms with Crippen molar-refractivity contribution in [1.29, 1.82) is 0 Å². The predicted molar refractivity (Wildman–Crippen MR) is 125 cm³/mol. The lowest BCUT2D eigenvalue weighted by molar-refractivity contribution is -0.125. The summed E-state index contributed by atoms with van der Waals surface area (Å²) in [6.45, 7) is 5.39. The molecule has 3 aromatic rings. The van der Waals surface area contributed by atoms with Crippen LogP contribution in [0.15, 0.2) is 34.4 Å². The van der Waals surface area contributed by atoms with Gasteiger partial charge in [0, 0.05) is 30.1 Å². The zero-order valence-electron chi connectivity index (χ0n) is 18.1. The van der Waals surface area contributed by atoms with Crippen LogP contribution in [0, 0.1) is 5.92 Å². The number of piperidine rings is 1. The van der Waals surface area contributed by atoms with Gasteiger partial charge in [-0.15, -0.1) is 11.3 Å². The van der Waals surface area contributed by atoms with Gasteiger partial charge in [-0.05, 0) is 43.9 Å². The van der Waals surface area contributed by atoms with E-state index in [4.69, 9.17) is 9.72 Å². The second kappa shape index (κ2) is 9.09. The van der Waals surface area contributed by atoms with E-state index in [1.54, 1.807) is 7.11 Å². The molecule has 1 fully saturated rings. The average Bonchev–Trinajstić information content (AvgIpc) is 3.23. The van der Waals surface area contributed by atoms with Crippen molar-refractivity contribution in [3.8, 4) is 16.9 Å². The van der Waals surface area contributed by atoms with Gasteiger partial charge in [-0.2, -0.15) is 0 Å². The summed E-state index contributed by atoms with van der Waals surface area (Å²) in [5.74, 6) is 1.26. The zero-order chi connectivity index (χ0) is 22.0. The summed E-state index contributed by atoms with van der Waals surface area (Å²) in [5, 5.41) is 5.04. The maximum absolute atomic E-state index is 12.8. The molecule has 1 amide bonds. The van der Waals surface area contributed by atoms with Crippen LogP contribution in [0.1, 0.15) is 33.1 Å². The van der Waals surface area contributed by atoms with Gasteiger partial charge in [-0.3, -0.25) is 14.6 Å². The molecule has 4 rings (SSSR count). The summed E-state index contributed by atoms with van der Waals surface area (Å²) in [5.41, 5.74) is 2.40. The summed E-state index contributed by atoms with van der Waals surface area (Å²) in [4.78, 5) is 35.2. The van der Waals surface area contributed by atoms with Crippen LogP contribution in [0.3, 0.4) is 0 Å². The van der Waals surface area contributed by atoms with E-state index in [-0.39, 0.29) is 23.4 Å². The second-order valence-corrected chi connectivity index (χ2v) is 8.93. The Bertz CT molecular complexity index is 1140. The van der Waals surface area contributed by atoms with Gasteiger partial charge in [0.1, 0.15) is 10.4 Å². The largest absolute Gasteiger partial charge is 0.497 e. The number of fused-ring (bicyclic) bond motifs is 1. The molecule has 0 saturated carbocycles. The number of thiophene rings is 1. The first kappa shape index (κ1) is 21.4. The third-order valence-electron chi connectivity index (χ3n) is 5.89. The number of aromatic nitrogens is 2. The summed E-state index contributed by atoms with van der Waals surface area (Å²) >= 11 is 1.39. The molecule has 7 nitrogen and oxygen atoms in total. The van der Waals surface area contributed by atoms with Crippen molar-refractivity contribution in [3.05, 3.63) is 40.0 Å². The van der Waals surface area contributed by atoms with Gasteiger partial charge in [0.25, 0.3) is 5.56 Å². The van der Waals surface area contributed by atoms with Crippen molar-refractivity contribution in [2.75, 3.05) is 25.1 Å². The van der Waals surface area contributed by atoms with Crippen LogP contribution < -0.4 is 20.5 Å². The van der Waals surface area contributed by atoms with E-state index >= 15 is 0 Å². The zero-order valence-corrected chi connectivity index (χ0v) is 18.9. The number of methoxy groups -OCH3 is 1. The fourth-order valence-corrected chi connectivity index (χ4v) is 4.82. The molecule has 0 radical (unpaired) electrons. The molecule has 3 heterocycles. The minimum Gasteiger partial charge on any atom is -0.497 e. The standard InChI is InChI=1S/C23H28N4O3S/c1-4-14(2)24-21(28)16-8-6-10-27(12-16)23-25-19-18(13-31-20(19)22(29)26-23)15-7-5-9-17(11-15)30-3/h5,7,9,11,13-14,16H,4,6,8,10,12H2,1-3H3,(H,24,28)(H,25,26,29)/t14-,16+/m0/s1. The molecule has 164 valence electrons. The molecule has 0 aliphatic carbocycles. The second-order valence-electron chi connectivity index (χ2n) is 8.05. The van der Waals surface area contributed by atoms with E-state index in [9.17, 15) is 9.59 Å². The predicted octanol–water partition coefficient (Wildman–Crippen LogP) is 3.79. The van der Waals surface area contributed by atoms with Crippen LogP contribution in [-0.4, -0.2) is 42.1 Å². The fourth-order valence-electron chi connectivity index (χ4n) is 3.91. The highest BCUT2D eigenvalue weighted by molar-refractivity contribution is 7.17. The Hall–Kier alpha value is -2.87. The van der Waals surface area contributed by atoms with Gasteiger partial charge in [-0.1, -0.05) is 19.1 Å². The lowest BCUT2D eigenvalue weighted by Gasteiger charge is -2.32. The Balaban J connectivity index is 1.65. The number of carbonyl (C=O) groups is 1. The van der Waals surface area contributed by atoms with Crippen LogP contribution in [0.4, 0.5) is 5.95 Å². The van der Waals surface area contributed by atoms with Crippen LogP contribution >= 0.6 is 11.3 Å². The third kappa shape index (κ3) is 4.44. The van der Waals surface area contributed by atoms with Crippen LogP contribution in [0.2, 0.25) is 0 Å². The summed E-state index contributed by atoms with van der Waals surface area (Å²) in [6, 6.07) is 7.91. The van der Waals surface area contributed by atoms with Gasteiger partial charge in [0.2, 0.25) is 11.9 Å². The number of rotatable bonds is 6. The Labute approximate surface area is 185 Å². The summed E-state index contributed by atoms with van der Waals surface area (Å²) < 4.78 is 5.95. The third-order valence-corrected chi connectivity index (χ3v) is 6.86. The number of carbonyl (C=O) groups excluding carboxylic acids is 1. The quantitative estimate of drug-likeness (QED) is 0.609. The van der Waals surface area contributed by atoms with Crippen molar-refractivity contribution >= 4 is 33.4 Å². The van der Waals surface area contributed by atoms with E-state index in [1.807, 2.05) is 41.5 Å². The van der Waals surface area contributed by atoms with Gasteiger partial charge in [0.15, 0.2) is 0 Å². The molecule has 2 aromatic heterocycles. The number of benzene rings is 1. The Morgan fingerprint density at radius 3 is 3.06 bits per heavy atom. The molecule has 0 unspecified atom stereocenters. The van der Waals surface area contributed by atoms with Crippen molar-refractivity contribution in [2.45, 2.75) is 39.2 Å². The monoisotopic (exact) mass is 440 g/mol. The van der Waals surface area contributed by atoms with E-state index in [1.165, 1.54) is 11.3 Å². The SMILES string of the molecule is CC[C@H](C)NC(=O)[C@@H]1CCCN(c2nc3c(-c4cccc(OC)c4)csc3c(=O)[nH]2)C1. The van der Waals surface area contributed by atoms with E-state index < -0.39 is 0 Å². The van der Waals surface area contributed by atoms with E-state index in [0.717, 1.165) is 42.7 Å². The molecule has 1 aliphatic rings. The molecule has 2 atom stereocenters. The fraction of sp³-hybridized carbons (Fsp3) is 0.435. The van der Waals surface area contributed by atoms with E-state index in [2.05, 4.69) is 17.2 Å². The molecule has 1 aliphatic heterocycles. The molecule has 31 heavy (non-hydrogen) atoms. The van der Waals surface area contributed by atoms with Crippen molar-refractivity contribution < 1.29 is 9.53 Å². The van der Waals surface area contributed by atoms with Gasteiger partial charge >= 0.3 is 0 Å². The average molecular weight is 441 g/mol. The summed E-state index contributed by atoms with van der Waals surface area (Å²) in [6.07, 6.45) is 2.63. The number of anilines is 1. The molecule has 0 spiro atoms. The number of H-pyrrole nitrogens is 1. The lowest BCUT2D eigenvalue weighted by Crippen LogP contribution is -2.46. The van der Waals surface area contributed by atoms with Gasteiger partial charge in [-0.25, -0.2) is 4.98 Å². The Morgan fingerprint density at radius 1 is 1.45 bits per heavy atom. The van der Waals surface area contributed by atoms with Crippen molar-refractivity contribution in [1.82, 2.24) is 15.3 Å².